The number of hydrogen-bond acceptors (Lipinski definition) is 2. The Labute approximate surface area is 107 Å². The molecule has 2 fully saturated rings. The summed E-state index contributed by atoms with van der Waals surface area (Å²) in [4.78, 5) is 2.77. The van der Waals surface area contributed by atoms with E-state index in [2.05, 4.69) is 25.7 Å². The Morgan fingerprint density at radius 2 is 1.76 bits per heavy atom. The van der Waals surface area contributed by atoms with E-state index in [1.54, 1.807) is 0 Å². The van der Waals surface area contributed by atoms with Crippen molar-refractivity contribution in [3.05, 3.63) is 0 Å². The van der Waals surface area contributed by atoms with Gasteiger partial charge in [0.1, 0.15) is 0 Å². The van der Waals surface area contributed by atoms with Crippen molar-refractivity contribution in [3.63, 3.8) is 0 Å². The SMILES string of the molecule is CCC1CN(C2C(C)CCCC2C)CCC1N. The van der Waals surface area contributed by atoms with Crippen LogP contribution in [0.3, 0.4) is 0 Å². The lowest BCUT2D eigenvalue weighted by Gasteiger charge is -2.47. The molecule has 0 radical (unpaired) electrons. The van der Waals surface area contributed by atoms with Gasteiger partial charge in [-0.2, -0.15) is 0 Å². The minimum atomic E-state index is 0.449. The summed E-state index contributed by atoms with van der Waals surface area (Å²) in [5.74, 6) is 2.49. The van der Waals surface area contributed by atoms with E-state index in [-0.39, 0.29) is 0 Å². The van der Waals surface area contributed by atoms with Crippen LogP contribution in [0.5, 0.6) is 0 Å². The second-order valence-electron chi connectivity index (χ2n) is 6.49. The molecule has 2 aliphatic rings. The van der Waals surface area contributed by atoms with Gasteiger partial charge in [-0.15, -0.1) is 0 Å². The second kappa shape index (κ2) is 5.71. The van der Waals surface area contributed by atoms with Gasteiger partial charge in [0.05, 0.1) is 0 Å². The van der Waals surface area contributed by atoms with Gasteiger partial charge in [-0.25, -0.2) is 0 Å². The van der Waals surface area contributed by atoms with Gasteiger partial charge in [0, 0.05) is 18.6 Å². The molecule has 2 heteroatoms. The highest BCUT2D eigenvalue weighted by Crippen LogP contribution is 2.35. The zero-order chi connectivity index (χ0) is 12.4. The highest BCUT2D eigenvalue weighted by atomic mass is 15.2. The van der Waals surface area contributed by atoms with Gasteiger partial charge in [0.25, 0.3) is 0 Å². The van der Waals surface area contributed by atoms with Gasteiger partial charge < -0.3 is 5.73 Å². The molecule has 17 heavy (non-hydrogen) atoms. The third-order valence-electron chi connectivity index (χ3n) is 5.26. The Morgan fingerprint density at radius 1 is 1.12 bits per heavy atom. The topological polar surface area (TPSA) is 29.3 Å². The van der Waals surface area contributed by atoms with Crippen molar-refractivity contribution in [3.8, 4) is 0 Å². The molecule has 0 aromatic carbocycles. The first kappa shape index (κ1) is 13.4. The number of rotatable bonds is 2. The lowest BCUT2D eigenvalue weighted by atomic mass is 9.76. The third-order valence-corrected chi connectivity index (χ3v) is 5.26. The summed E-state index contributed by atoms with van der Waals surface area (Å²) in [5, 5.41) is 0. The molecule has 0 amide bonds. The van der Waals surface area contributed by atoms with Crippen molar-refractivity contribution in [2.45, 2.75) is 65.0 Å². The molecule has 2 rings (SSSR count). The van der Waals surface area contributed by atoms with E-state index in [0.717, 1.165) is 23.8 Å². The van der Waals surface area contributed by atoms with Crippen molar-refractivity contribution in [2.75, 3.05) is 13.1 Å². The van der Waals surface area contributed by atoms with Crippen LogP contribution in [-0.4, -0.2) is 30.1 Å². The molecular weight excluding hydrogens is 208 g/mol. The van der Waals surface area contributed by atoms with Gasteiger partial charge in [0.2, 0.25) is 0 Å². The summed E-state index contributed by atoms with van der Waals surface area (Å²) in [6, 6.07) is 1.27. The van der Waals surface area contributed by atoms with Crippen LogP contribution >= 0.6 is 0 Å². The number of likely N-dealkylation sites (tertiary alicyclic amines) is 1. The van der Waals surface area contributed by atoms with Gasteiger partial charge in [0.15, 0.2) is 0 Å². The first-order valence-corrected chi connectivity index (χ1v) is 7.63. The Morgan fingerprint density at radius 3 is 2.35 bits per heavy atom. The molecule has 1 heterocycles. The molecular formula is C15H30N2. The maximum absolute atomic E-state index is 6.22. The van der Waals surface area contributed by atoms with Crippen molar-refractivity contribution >= 4 is 0 Å². The largest absolute Gasteiger partial charge is 0.327 e. The quantitative estimate of drug-likeness (QED) is 0.801. The first-order chi connectivity index (χ1) is 8.13. The summed E-state index contributed by atoms with van der Waals surface area (Å²) >= 11 is 0. The van der Waals surface area contributed by atoms with Crippen LogP contribution in [-0.2, 0) is 0 Å². The molecule has 4 unspecified atom stereocenters. The van der Waals surface area contributed by atoms with Crippen molar-refractivity contribution in [1.82, 2.24) is 4.90 Å². The molecule has 1 saturated heterocycles. The Balaban J connectivity index is 2.01. The van der Waals surface area contributed by atoms with Crippen LogP contribution in [0.4, 0.5) is 0 Å². The fourth-order valence-corrected chi connectivity index (χ4v) is 4.17. The fraction of sp³-hybridized carbons (Fsp3) is 1.00. The molecule has 0 aromatic rings. The third kappa shape index (κ3) is 2.85. The maximum atomic E-state index is 6.22. The molecule has 100 valence electrons. The molecule has 2 nitrogen and oxygen atoms in total. The first-order valence-electron chi connectivity index (χ1n) is 7.63. The highest BCUT2D eigenvalue weighted by Gasteiger charge is 2.36. The van der Waals surface area contributed by atoms with Gasteiger partial charge >= 0.3 is 0 Å². The fourth-order valence-electron chi connectivity index (χ4n) is 4.17. The van der Waals surface area contributed by atoms with Crippen LogP contribution in [0.1, 0.15) is 52.9 Å². The van der Waals surface area contributed by atoms with Crippen molar-refractivity contribution < 1.29 is 0 Å². The lowest BCUT2D eigenvalue weighted by molar-refractivity contribution is 0.0280. The van der Waals surface area contributed by atoms with Gasteiger partial charge in [-0.3, -0.25) is 4.90 Å². The summed E-state index contributed by atoms with van der Waals surface area (Å²) in [6.07, 6.45) is 6.73. The standard InChI is InChI=1S/C15H30N2/c1-4-13-10-17(9-8-14(13)16)15-11(2)6-5-7-12(15)3/h11-15H,4-10,16H2,1-3H3. The summed E-state index contributed by atoms with van der Waals surface area (Å²) in [6.45, 7) is 9.68. The van der Waals surface area contributed by atoms with Crippen LogP contribution in [0.25, 0.3) is 0 Å². The van der Waals surface area contributed by atoms with E-state index in [1.807, 2.05) is 0 Å². The molecule has 0 spiro atoms. The normalized spacial score (nSPS) is 44.8. The predicted octanol–water partition coefficient (Wildman–Crippen LogP) is 2.87. The zero-order valence-electron chi connectivity index (χ0n) is 11.9. The summed E-state index contributed by atoms with van der Waals surface area (Å²) < 4.78 is 0. The minimum absolute atomic E-state index is 0.449. The van der Waals surface area contributed by atoms with Crippen molar-refractivity contribution in [2.24, 2.45) is 23.5 Å². The highest BCUT2D eigenvalue weighted by molar-refractivity contribution is 4.91. The van der Waals surface area contributed by atoms with Crippen LogP contribution in [0.2, 0.25) is 0 Å². The molecule has 2 N–H and O–H groups in total. The molecule has 0 aromatic heterocycles. The Kier molecular flexibility index (Phi) is 4.48. The lowest BCUT2D eigenvalue weighted by Crippen LogP contribution is -2.54. The molecule has 1 aliphatic heterocycles. The van der Waals surface area contributed by atoms with Crippen molar-refractivity contribution in [1.29, 1.82) is 0 Å². The van der Waals surface area contributed by atoms with Crippen LogP contribution in [0, 0.1) is 17.8 Å². The van der Waals surface area contributed by atoms with E-state index >= 15 is 0 Å². The number of hydrogen-bond donors (Lipinski definition) is 1. The number of nitrogens with two attached hydrogens (primary N) is 1. The van der Waals surface area contributed by atoms with E-state index in [0.29, 0.717) is 6.04 Å². The maximum Gasteiger partial charge on any atom is 0.0147 e. The van der Waals surface area contributed by atoms with Crippen LogP contribution < -0.4 is 5.73 Å². The second-order valence-corrected chi connectivity index (χ2v) is 6.49. The monoisotopic (exact) mass is 238 g/mol. The van der Waals surface area contributed by atoms with E-state index in [1.165, 1.54) is 45.2 Å². The Bertz CT molecular complexity index is 231. The van der Waals surface area contributed by atoms with E-state index in [9.17, 15) is 0 Å². The summed E-state index contributed by atoms with van der Waals surface area (Å²) in [7, 11) is 0. The minimum Gasteiger partial charge on any atom is -0.327 e. The molecule has 4 atom stereocenters. The molecule has 1 aliphatic carbocycles. The molecule has 1 saturated carbocycles. The zero-order valence-corrected chi connectivity index (χ0v) is 11.9. The number of piperidine rings is 1. The van der Waals surface area contributed by atoms with Gasteiger partial charge in [-0.05, 0) is 43.6 Å². The summed E-state index contributed by atoms with van der Waals surface area (Å²) in [5.41, 5.74) is 6.22. The average Bonchev–Trinajstić information content (AvgIpc) is 2.31. The van der Waals surface area contributed by atoms with Crippen LogP contribution in [0.15, 0.2) is 0 Å². The number of nitrogens with zero attached hydrogens (tertiary/aromatic N) is 1. The van der Waals surface area contributed by atoms with Gasteiger partial charge in [-0.1, -0.05) is 33.6 Å². The van der Waals surface area contributed by atoms with E-state index < -0.39 is 0 Å². The average molecular weight is 238 g/mol. The molecule has 0 bridgehead atoms. The Hall–Kier alpha value is -0.0800. The van der Waals surface area contributed by atoms with E-state index in [4.69, 9.17) is 5.73 Å². The smallest absolute Gasteiger partial charge is 0.0147 e. The predicted molar refractivity (Wildman–Crippen MR) is 73.9 cm³/mol.